The summed E-state index contributed by atoms with van der Waals surface area (Å²) in [6, 6.07) is 3.53. The average Bonchev–Trinajstić information content (AvgIpc) is 2.10. The topological polar surface area (TPSA) is 43.3 Å². The Labute approximate surface area is 87.1 Å². The number of phenolic OH excluding ortho intramolecular Hbond substituents is 1. The SMILES string of the molecule is Cc1ccc(O)c2c1CC(C)C[S@@+]2[O-]. The summed E-state index contributed by atoms with van der Waals surface area (Å²) in [5.41, 5.74) is 2.22. The summed E-state index contributed by atoms with van der Waals surface area (Å²) >= 11 is -1.02. The van der Waals surface area contributed by atoms with E-state index in [1.54, 1.807) is 6.07 Å². The lowest BCUT2D eigenvalue weighted by atomic mass is 9.97. The third-order valence-corrected chi connectivity index (χ3v) is 4.47. The van der Waals surface area contributed by atoms with Crippen molar-refractivity contribution in [2.75, 3.05) is 5.75 Å². The van der Waals surface area contributed by atoms with E-state index in [0.29, 0.717) is 16.6 Å². The summed E-state index contributed by atoms with van der Waals surface area (Å²) in [6.07, 6.45) is 0.932. The molecule has 14 heavy (non-hydrogen) atoms. The molecule has 1 aliphatic heterocycles. The molecule has 0 aliphatic carbocycles. The van der Waals surface area contributed by atoms with E-state index in [4.69, 9.17) is 0 Å². The largest absolute Gasteiger partial charge is 0.611 e. The van der Waals surface area contributed by atoms with Gasteiger partial charge in [0.2, 0.25) is 0 Å². The minimum Gasteiger partial charge on any atom is -0.611 e. The third kappa shape index (κ3) is 1.51. The Morgan fingerprint density at radius 2 is 2.21 bits per heavy atom. The molecule has 0 aromatic heterocycles. The molecule has 0 radical (unpaired) electrons. The summed E-state index contributed by atoms with van der Waals surface area (Å²) in [5, 5.41) is 9.64. The van der Waals surface area contributed by atoms with Crippen molar-refractivity contribution < 1.29 is 9.66 Å². The van der Waals surface area contributed by atoms with Gasteiger partial charge in [0, 0.05) is 11.5 Å². The number of benzene rings is 1. The molecule has 0 bridgehead atoms. The van der Waals surface area contributed by atoms with Crippen LogP contribution < -0.4 is 0 Å². The molecule has 1 unspecified atom stereocenters. The molecular weight excluding hydrogens is 196 g/mol. The first kappa shape index (κ1) is 9.87. The van der Waals surface area contributed by atoms with Crippen molar-refractivity contribution >= 4 is 11.2 Å². The Kier molecular flexibility index (Phi) is 2.45. The lowest BCUT2D eigenvalue weighted by Crippen LogP contribution is -2.24. The fourth-order valence-corrected chi connectivity index (χ4v) is 3.59. The number of hydrogen-bond acceptors (Lipinski definition) is 2. The van der Waals surface area contributed by atoms with Gasteiger partial charge in [-0.2, -0.15) is 0 Å². The Bertz CT molecular complexity index is 363. The second-order valence-electron chi connectivity index (χ2n) is 4.03. The zero-order valence-corrected chi connectivity index (χ0v) is 9.23. The Balaban J connectivity index is 2.57. The summed E-state index contributed by atoms with van der Waals surface area (Å²) in [5.74, 6) is 1.31. The Hall–Kier alpha value is -0.670. The molecular formula is C11H14O2S. The third-order valence-electron chi connectivity index (χ3n) is 2.69. The monoisotopic (exact) mass is 210 g/mol. The lowest BCUT2D eigenvalue weighted by Gasteiger charge is -2.25. The fraction of sp³-hybridized carbons (Fsp3) is 0.455. The van der Waals surface area contributed by atoms with E-state index >= 15 is 0 Å². The highest BCUT2D eigenvalue weighted by molar-refractivity contribution is 7.91. The Morgan fingerprint density at radius 3 is 2.93 bits per heavy atom. The second-order valence-corrected chi connectivity index (χ2v) is 5.46. The van der Waals surface area contributed by atoms with E-state index in [1.165, 1.54) is 0 Å². The molecule has 2 nitrogen and oxygen atoms in total. The molecule has 0 spiro atoms. The van der Waals surface area contributed by atoms with Gasteiger partial charge >= 0.3 is 0 Å². The van der Waals surface area contributed by atoms with Crippen LogP contribution in [0.1, 0.15) is 18.1 Å². The van der Waals surface area contributed by atoms with E-state index in [0.717, 1.165) is 17.5 Å². The van der Waals surface area contributed by atoms with Crippen molar-refractivity contribution in [2.24, 2.45) is 5.92 Å². The van der Waals surface area contributed by atoms with Crippen LogP contribution in [-0.2, 0) is 17.6 Å². The van der Waals surface area contributed by atoms with Crippen molar-refractivity contribution in [1.29, 1.82) is 0 Å². The number of fused-ring (bicyclic) bond motifs is 1. The van der Waals surface area contributed by atoms with E-state index in [-0.39, 0.29) is 5.75 Å². The number of phenols is 1. The standard InChI is InChI=1S/C11H14O2S/c1-7-5-9-8(2)3-4-10(12)11(9)14(13)6-7/h3-4,7,12H,5-6H2,1-2H3/t7?,14-/m1/s1. The fourth-order valence-electron chi connectivity index (χ4n) is 1.97. The number of aromatic hydroxyl groups is 1. The first-order valence-electron chi connectivity index (χ1n) is 4.79. The van der Waals surface area contributed by atoms with Crippen LogP contribution in [0.4, 0.5) is 0 Å². The Morgan fingerprint density at radius 1 is 1.50 bits per heavy atom. The van der Waals surface area contributed by atoms with E-state index in [9.17, 15) is 9.66 Å². The zero-order chi connectivity index (χ0) is 10.3. The predicted octanol–water partition coefficient (Wildman–Crippen LogP) is 2.00. The van der Waals surface area contributed by atoms with E-state index in [1.807, 2.05) is 13.0 Å². The van der Waals surface area contributed by atoms with Crippen molar-refractivity contribution in [2.45, 2.75) is 25.2 Å². The van der Waals surface area contributed by atoms with Gasteiger partial charge in [0.15, 0.2) is 10.6 Å². The lowest BCUT2D eigenvalue weighted by molar-refractivity contribution is 0.450. The van der Waals surface area contributed by atoms with Crippen LogP contribution in [0.25, 0.3) is 0 Å². The van der Waals surface area contributed by atoms with Crippen LogP contribution >= 0.6 is 0 Å². The summed E-state index contributed by atoms with van der Waals surface area (Å²) < 4.78 is 11.8. The molecule has 1 aromatic carbocycles. The molecule has 0 amide bonds. The van der Waals surface area contributed by atoms with Crippen LogP contribution in [0.2, 0.25) is 0 Å². The van der Waals surface area contributed by atoms with Crippen LogP contribution in [0.15, 0.2) is 17.0 Å². The predicted molar refractivity (Wildman–Crippen MR) is 57.0 cm³/mol. The van der Waals surface area contributed by atoms with Crippen LogP contribution in [-0.4, -0.2) is 15.4 Å². The number of hydrogen-bond donors (Lipinski definition) is 1. The van der Waals surface area contributed by atoms with Gasteiger partial charge in [0.1, 0.15) is 5.75 Å². The molecule has 2 atom stereocenters. The molecule has 1 aromatic rings. The van der Waals surface area contributed by atoms with Crippen LogP contribution in [0.3, 0.4) is 0 Å². The zero-order valence-electron chi connectivity index (χ0n) is 8.41. The minimum atomic E-state index is -1.02. The first-order valence-corrected chi connectivity index (χ1v) is 6.11. The van der Waals surface area contributed by atoms with Crippen LogP contribution in [0, 0.1) is 12.8 Å². The van der Waals surface area contributed by atoms with Crippen molar-refractivity contribution in [3.8, 4) is 5.75 Å². The van der Waals surface area contributed by atoms with Gasteiger partial charge in [-0.1, -0.05) is 13.0 Å². The van der Waals surface area contributed by atoms with Gasteiger partial charge in [-0.3, -0.25) is 0 Å². The molecule has 2 rings (SSSR count). The number of rotatable bonds is 0. The highest BCUT2D eigenvalue weighted by atomic mass is 32.2. The van der Waals surface area contributed by atoms with Crippen LogP contribution in [0.5, 0.6) is 5.75 Å². The highest BCUT2D eigenvalue weighted by Gasteiger charge is 2.30. The van der Waals surface area contributed by atoms with Gasteiger partial charge in [0.05, 0.1) is 0 Å². The maximum Gasteiger partial charge on any atom is 0.197 e. The molecule has 0 saturated heterocycles. The minimum absolute atomic E-state index is 0.191. The maximum absolute atomic E-state index is 11.8. The molecule has 1 heterocycles. The summed E-state index contributed by atoms with van der Waals surface area (Å²) in [6.45, 7) is 4.11. The average molecular weight is 210 g/mol. The first-order chi connectivity index (χ1) is 6.59. The summed E-state index contributed by atoms with van der Waals surface area (Å²) in [4.78, 5) is 0.670. The molecule has 76 valence electrons. The second kappa shape index (κ2) is 3.48. The van der Waals surface area contributed by atoms with Crippen molar-refractivity contribution in [1.82, 2.24) is 0 Å². The number of aryl methyl sites for hydroxylation is 1. The van der Waals surface area contributed by atoms with Gasteiger partial charge in [-0.25, -0.2) is 0 Å². The van der Waals surface area contributed by atoms with Crippen molar-refractivity contribution in [3.63, 3.8) is 0 Å². The molecule has 1 N–H and O–H groups in total. The highest BCUT2D eigenvalue weighted by Crippen LogP contribution is 2.36. The maximum atomic E-state index is 11.8. The van der Waals surface area contributed by atoms with E-state index < -0.39 is 11.2 Å². The molecule has 0 saturated carbocycles. The van der Waals surface area contributed by atoms with Gasteiger partial charge in [-0.15, -0.1) is 0 Å². The normalized spacial score (nSPS) is 25.9. The smallest absolute Gasteiger partial charge is 0.197 e. The van der Waals surface area contributed by atoms with E-state index in [2.05, 4.69) is 6.92 Å². The van der Waals surface area contributed by atoms with Gasteiger partial charge in [0.25, 0.3) is 0 Å². The molecule has 0 fully saturated rings. The molecule has 3 heteroatoms. The molecule has 1 aliphatic rings. The van der Waals surface area contributed by atoms with Gasteiger partial charge < -0.3 is 9.66 Å². The van der Waals surface area contributed by atoms with Crippen molar-refractivity contribution in [3.05, 3.63) is 23.3 Å². The summed E-state index contributed by atoms with van der Waals surface area (Å²) in [7, 11) is 0. The van der Waals surface area contributed by atoms with Gasteiger partial charge in [-0.05, 0) is 36.2 Å². The quantitative estimate of drug-likeness (QED) is 0.665.